The summed E-state index contributed by atoms with van der Waals surface area (Å²) in [7, 11) is 0. The molecule has 0 radical (unpaired) electrons. The van der Waals surface area contributed by atoms with E-state index in [4.69, 9.17) is 27.9 Å². The average molecular weight is 464 g/mol. The Morgan fingerprint density at radius 2 is 2.05 bits per heavy atom. The number of halogens is 3. The summed E-state index contributed by atoms with van der Waals surface area (Å²) < 4.78 is 6.94. The lowest BCUT2D eigenvalue weighted by molar-refractivity contribution is 0.304. The van der Waals surface area contributed by atoms with E-state index in [0.717, 1.165) is 37.8 Å². The third-order valence-electron chi connectivity index (χ3n) is 3.16. The molecule has 0 bridgehead atoms. The van der Waals surface area contributed by atoms with Crippen LogP contribution in [0.25, 0.3) is 0 Å². The number of hydrogen-bond acceptors (Lipinski definition) is 3. The second-order valence-corrected chi connectivity index (χ2v) is 7.79. The van der Waals surface area contributed by atoms with Crippen LogP contribution in [-0.4, -0.2) is 17.3 Å². The van der Waals surface area contributed by atoms with Crippen LogP contribution in [0.2, 0.25) is 10.0 Å². The van der Waals surface area contributed by atoms with E-state index >= 15 is 0 Å². The van der Waals surface area contributed by atoms with E-state index < -0.39 is 0 Å². The summed E-state index contributed by atoms with van der Waals surface area (Å²) in [5.74, 6) is 1.91. The average Bonchev–Trinajstić information content (AvgIpc) is 3.02. The molecule has 2 aromatic rings. The molecule has 1 heterocycles. The lowest BCUT2D eigenvalue weighted by Crippen LogP contribution is -1.99. The highest BCUT2D eigenvalue weighted by molar-refractivity contribution is 14.1. The summed E-state index contributed by atoms with van der Waals surface area (Å²) >= 11 is 16.1. The molecule has 114 valence electrons. The van der Waals surface area contributed by atoms with Gasteiger partial charge in [-0.2, -0.15) is 0 Å². The summed E-state index contributed by atoms with van der Waals surface area (Å²) in [5.41, 5.74) is 2.07. The fraction of sp³-hybridized carbons (Fsp3) is 0.188. The van der Waals surface area contributed by atoms with Gasteiger partial charge in [-0.1, -0.05) is 29.3 Å². The normalized spacial score (nSPS) is 14.0. The molecule has 0 aliphatic carbocycles. The molecule has 0 saturated heterocycles. The van der Waals surface area contributed by atoms with E-state index in [1.165, 1.54) is 0 Å². The Morgan fingerprint density at radius 1 is 1.18 bits per heavy atom. The Bertz CT molecular complexity index is 736. The zero-order chi connectivity index (χ0) is 15.5. The highest BCUT2D eigenvalue weighted by Crippen LogP contribution is 2.28. The van der Waals surface area contributed by atoms with Gasteiger partial charge >= 0.3 is 0 Å². The molecule has 3 rings (SSSR count). The molecular weight excluding hydrogens is 452 g/mol. The number of ether oxygens (including phenoxy) is 1. The molecule has 1 aliphatic rings. The first-order chi connectivity index (χ1) is 10.6. The summed E-state index contributed by atoms with van der Waals surface area (Å²) in [6.45, 7) is 1.32. The van der Waals surface area contributed by atoms with E-state index in [1.807, 2.05) is 18.2 Å². The number of thioether (sulfide) groups is 1. The van der Waals surface area contributed by atoms with Crippen molar-refractivity contribution in [2.45, 2.75) is 6.61 Å². The van der Waals surface area contributed by atoms with Crippen molar-refractivity contribution >= 4 is 62.6 Å². The van der Waals surface area contributed by atoms with Crippen LogP contribution in [0.4, 0.5) is 0 Å². The van der Waals surface area contributed by atoms with E-state index in [-0.39, 0.29) is 0 Å². The fourth-order valence-electron chi connectivity index (χ4n) is 2.05. The minimum absolute atomic E-state index is 0.418. The topological polar surface area (TPSA) is 21.6 Å². The number of rotatable bonds is 4. The third kappa shape index (κ3) is 3.91. The van der Waals surface area contributed by atoms with Crippen molar-refractivity contribution < 1.29 is 4.74 Å². The van der Waals surface area contributed by atoms with Gasteiger partial charge in [0.1, 0.15) is 12.4 Å². The molecule has 2 nitrogen and oxygen atoms in total. The van der Waals surface area contributed by atoms with Crippen molar-refractivity contribution in [3.63, 3.8) is 0 Å². The Hall–Kier alpha value is -0.430. The predicted octanol–water partition coefficient (Wildman–Crippen LogP) is 5.67. The van der Waals surface area contributed by atoms with Gasteiger partial charge in [0.25, 0.3) is 0 Å². The van der Waals surface area contributed by atoms with E-state index in [1.54, 1.807) is 17.8 Å². The van der Waals surface area contributed by atoms with Gasteiger partial charge < -0.3 is 4.74 Å². The molecule has 2 aromatic carbocycles. The van der Waals surface area contributed by atoms with Crippen molar-refractivity contribution in [3.05, 3.63) is 61.1 Å². The molecule has 0 aromatic heterocycles. The summed E-state index contributed by atoms with van der Waals surface area (Å²) in [4.78, 5) is 4.50. The molecule has 0 spiro atoms. The monoisotopic (exact) mass is 463 g/mol. The van der Waals surface area contributed by atoms with Crippen LogP contribution in [0.1, 0.15) is 11.1 Å². The fourth-order valence-corrected chi connectivity index (χ4v) is 4.04. The largest absolute Gasteiger partial charge is 0.488 e. The summed E-state index contributed by atoms with van der Waals surface area (Å²) in [6, 6.07) is 11.6. The van der Waals surface area contributed by atoms with Crippen LogP contribution in [0.5, 0.6) is 5.75 Å². The summed E-state index contributed by atoms with van der Waals surface area (Å²) in [5, 5.41) is 2.36. The van der Waals surface area contributed by atoms with E-state index in [2.05, 4.69) is 39.7 Å². The highest BCUT2D eigenvalue weighted by atomic mass is 127. The lowest BCUT2D eigenvalue weighted by atomic mass is 10.2. The van der Waals surface area contributed by atoms with Crippen molar-refractivity contribution in [2.24, 2.45) is 4.99 Å². The first-order valence-corrected chi connectivity index (χ1v) is 9.49. The highest BCUT2D eigenvalue weighted by Gasteiger charge is 2.12. The van der Waals surface area contributed by atoms with Crippen LogP contribution in [0.3, 0.4) is 0 Å². The molecule has 6 heteroatoms. The molecule has 0 atom stereocenters. The zero-order valence-electron chi connectivity index (χ0n) is 11.5. The molecule has 1 aliphatic heterocycles. The van der Waals surface area contributed by atoms with Crippen LogP contribution >= 0.6 is 57.6 Å². The number of benzene rings is 2. The standard InChI is InChI=1S/C16H12Cl2INOS/c17-12-3-1-11(13(18)8-12)9-21-15-4-2-10(7-14(15)19)16-20-5-6-22-16/h1-4,7-8H,5-6,9H2. The molecule has 0 unspecified atom stereocenters. The minimum atomic E-state index is 0.418. The van der Waals surface area contributed by atoms with Crippen LogP contribution in [0.15, 0.2) is 41.4 Å². The second kappa shape index (κ2) is 7.43. The molecule has 0 N–H and O–H groups in total. The Kier molecular flexibility index (Phi) is 5.55. The maximum atomic E-state index is 6.16. The van der Waals surface area contributed by atoms with Gasteiger partial charge in [-0.3, -0.25) is 4.99 Å². The van der Waals surface area contributed by atoms with Crippen molar-refractivity contribution in [3.8, 4) is 5.75 Å². The van der Waals surface area contributed by atoms with Crippen molar-refractivity contribution in [1.29, 1.82) is 0 Å². The van der Waals surface area contributed by atoms with Gasteiger partial charge in [-0.25, -0.2) is 0 Å². The second-order valence-electron chi connectivity index (χ2n) is 4.70. The van der Waals surface area contributed by atoms with E-state index in [9.17, 15) is 0 Å². The third-order valence-corrected chi connectivity index (χ3v) is 5.62. The maximum absolute atomic E-state index is 6.16. The summed E-state index contributed by atoms with van der Waals surface area (Å²) in [6.07, 6.45) is 0. The van der Waals surface area contributed by atoms with Crippen molar-refractivity contribution in [2.75, 3.05) is 12.3 Å². The zero-order valence-corrected chi connectivity index (χ0v) is 16.0. The Balaban J connectivity index is 1.72. The van der Waals surface area contributed by atoms with Gasteiger partial charge in [-0.15, -0.1) is 11.8 Å². The van der Waals surface area contributed by atoms with Crippen LogP contribution < -0.4 is 4.74 Å². The molecular formula is C16H12Cl2INOS. The Labute approximate surface area is 157 Å². The Morgan fingerprint density at radius 3 is 2.73 bits per heavy atom. The maximum Gasteiger partial charge on any atom is 0.133 e. The number of hydrogen-bond donors (Lipinski definition) is 0. The minimum Gasteiger partial charge on any atom is -0.488 e. The van der Waals surface area contributed by atoms with E-state index in [0.29, 0.717) is 16.7 Å². The molecule has 0 amide bonds. The molecule has 0 saturated carbocycles. The van der Waals surface area contributed by atoms with Gasteiger partial charge in [0.05, 0.1) is 8.61 Å². The van der Waals surface area contributed by atoms with Crippen LogP contribution in [0, 0.1) is 3.57 Å². The van der Waals surface area contributed by atoms with Gasteiger partial charge in [0.15, 0.2) is 0 Å². The van der Waals surface area contributed by atoms with Gasteiger partial charge in [0.2, 0.25) is 0 Å². The smallest absolute Gasteiger partial charge is 0.133 e. The first kappa shape index (κ1) is 16.4. The predicted molar refractivity (Wildman–Crippen MR) is 104 cm³/mol. The lowest BCUT2D eigenvalue weighted by Gasteiger charge is -2.11. The molecule has 0 fully saturated rings. The number of aliphatic imine (C=N–C) groups is 1. The number of nitrogens with zero attached hydrogens (tertiary/aromatic N) is 1. The first-order valence-electron chi connectivity index (χ1n) is 6.67. The quantitative estimate of drug-likeness (QED) is 0.544. The van der Waals surface area contributed by atoms with Gasteiger partial charge in [-0.05, 0) is 52.9 Å². The van der Waals surface area contributed by atoms with Crippen molar-refractivity contribution in [1.82, 2.24) is 0 Å². The van der Waals surface area contributed by atoms with Crippen LogP contribution in [-0.2, 0) is 6.61 Å². The van der Waals surface area contributed by atoms with Gasteiger partial charge in [0, 0.05) is 33.5 Å². The molecule has 22 heavy (non-hydrogen) atoms. The SMILES string of the molecule is Clc1ccc(COc2ccc(C3=NCCS3)cc2I)c(Cl)c1.